The second kappa shape index (κ2) is 8.53. The first-order valence-electron chi connectivity index (χ1n) is 9.63. The molecular formula is C22H22N4O2S. The van der Waals surface area contributed by atoms with Crippen LogP contribution in [0.1, 0.15) is 34.9 Å². The smallest absolute Gasteiger partial charge is 0.227 e. The molecule has 148 valence electrons. The molecule has 7 heteroatoms. The van der Waals surface area contributed by atoms with Crippen molar-refractivity contribution in [3.63, 3.8) is 0 Å². The molecule has 2 heterocycles. The number of nitrogens with zero attached hydrogens (tertiary/aromatic N) is 3. The summed E-state index contributed by atoms with van der Waals surface area (Å²) in [7, 11) is 0. The van der Waals surface area contributed by atoms with Crippen molar-refractivity contribution in [2.45, 2.75) is 32.1 Å². The van der Waals surface area contributed by atoms with Crippen molar-refractivity contribution in [1.82, 2.24) is 10.2 Å². The Morgan fingerprint density at radius 1 is 1.14 bits per heavy atom. The van der Waals surface area contributed by atoms with Crippen LogP contribution >= 0.6 is 11.3 Å². The van der Waals surface area contributed by atoms with Gasteiger partial charge in [-0.15, -0.1) is 10.2 Å². The Hall–Kier alpha value is -3.06. The SMILES string of the molecule is Cc1ccccc1N1C[C@@H](c2nnc(NC(=O)CCc3ccccc3)s2)CC1=O. The molecule has 1 aliphatic rings. The van der Waals surface area contributed by atoms with Gasteiger partial charge in [0.05, 0.1) is 0 Å². The van der Waals surface area contributed by atoms with Crippen LogP contribution in [0.5, 0.6) is 0 Å². The van der Waals surface area contributed by atoms with E-state index in [2.05, 4.69) is 15.5 Å². The Bertz CT molecular complexity index is 1020. The van der Waals surface area contributed by atoms with Gasteiger partial charge in [-0.25, -0.2) is 0 Å². The van der Waals surface area contributed by atoms with Crippen LogP contribution in [0.2, 0.25) is 0 Å². The predicted octanol–water partition coefficient (Wildman–Crippen LogP) is 3.94. The van der Waals surface area contributed by atoms with E-state index < -0.39 is 0 Å². The van der Waals surface area contributed by atoms with Crippen molar-refractivity contribution < 1.29 is 9.59 Å². The summed E-state index contributed by atoms with van der Waals surface area (Å²) in [6, 6.07) is 17.8. The number of amides is 2. The van der Waals surface area contributed by atoms with Crippen LogP contribution in [0, 0.1) is 6.92 Å². The van der Waals surface area contributed by atoms with Crippen molar-refractivity contribution in [2.24, 2.45) is 0 Å². The first-order valence-corrected chi connectivity index (χ1v) is 10.4. The maximum atomic E-state index is 12.5. The van der Waals surface area contributed by atoms with E-state index in [0.29, 0.717) is 30.9 Å². The van der Waals surface area contributed by atoms with Gasteiger partial charge >= 0.3 is 0 Å². The maximum Gasteiger partial charge on any atom is 0.227 e. The molecule has 4 rings (SSSR count). The van der Waals surface area contributed by atoms with Gasteiger partial charge in [0.2, 0.25) is 16.9 Å². The van der Waals surface area contributed by atoms with Crippen LogP contribution in [0.4, 0.5) is 10.8 Å². The largest absolute Gasteiger partial charge is 0.311 e. The summed E-state index contributed by atoms with van der Waals surface area (Å²) in [5, 5.41) is 12.4. The van der Waals surface area contributed by atoms with Gasteiger partial charge in [-0.05, 0) is 30.5 Å². The lowest BCUT2D eigenvalue weighted by Gasteiger charge is -2.18. The molecule has 0 saturated carbocycles. The summed E-state index contributed by atoms with van der Waals surface area (Å²) in [5.74, 6) is 0.00288. The van der Waals surface area contributed by atoms with Crippen LogP contribution in [0.3, 0.4) is 0 Å². The number of para-hydroxylation sites is 1. The van der Waals surface area contributed by atoms with Crippen molar-refractivity contribution in [3.05, 3.63) is 70.7 Å². The fourth-order valence-corrected chi connectivity index (χ4v) is 4.36. The number of carbonyl (C=O) groups excluding carboxylic acids is 2. The van der Waals surface area contributed by atoms with Gasteiger partial charge in [-0.2, -0.15) is 0 Å². The van der Waals surface area contributed by atoms with Crippen molar-refractivity contribution in [1.29, 1.82) is 0 Å². The zero-order chi connectivity index (χ0) is 20.2. The van der Waals surface area contributed by atoms with E-state index in [1.54, 1.807) is 0 Å². The number of hydrogen-bond donors (Lipinski definition) is 1. The average Bonchev–Trinajstić information content (AvgIpc) is 3.34. The lowest BCUT2D eigenvalue weighted by Crippen LogP contribution is -2.25. The predicted molar refractivity (Wildman–Crippen MR) is 114 cm³/mol. The van der Waals surface area contributed by atoms with Gasteiger partial charge in [0.25, 0.3) is 0 Å². The highest BCUT2D eigenvalue weighted by molar-refractivity contribution is 7.15. The van der Waals surface area contributed by atoms with E-state index in [-0.39, 0.29) is 17.7 Å². The second-order valence-corrected chi connectivity index (χ2v) is 8.18. The van der Waals surface area contributed by atoms with Crippen molar-refractivity contribution in [2.75, 3.05) is 16.8 Å². The summed E-state index contributed by atoms with van der Waals surface area (Å²) in [5.41, 5.74) is 3.14. The van der Waals surface area contributed by atoms with Crippen LogP contribution < -0.4 is 10.2 Å². The Kier molecular flexibility index (Phi) is 5.67. The third-order valence-electron chi connectivity index (χ3n) is 5.05. The third-order valence-corrected chi connectivity index (χ3v) is 6.05. The zero-order valence-corrected chi connectivity index (χ0v) is 17.0. The Morgan fingerprint density at radius 3 is 2.69 bits per heavy atom. The molecular weight excluding hydrogens is 384 g/mol. The number of rotatable bonds is 6. The molecule has 1 saturated heterocycles. The van der Waals surface area contributed by atoms with Gasteiger partial charge < -0.3 is 10.2 Å². The highest BCUT2D eigenvalue weighted by atomic mass is 32.1. The highest BCUT2D eigenvalue weighted by Gasteiger charge is 2.34. The minimum atomic E-state index is -0.0828. The van der Waals surface area contributed by atoms with E-state index in [0.717, 1.165) is 21.8 Å². The fraction of sp³-hybridized carbons (Fsp3) is 0.273. The maximum absolute atomic E-state index is 12.5. The van der Waals surface area contributed by atoms with E-state index in [4.69, 9.17) is 0 Å². The molecule has 0 bridgehead atoms. The van der Waals surface area contributed by atoms with Crippen LogP contribution in [0.15, 0.2) is 54.6 Å². The molecule has 1 fully saturated rings. The highest BCUT2D eigenvalue weighted by Crippen LogP contribution is 2.35. The molecule has 0 aliphatic carbocycles. The molecule has 1 N–H and O–H groups in total. The molecule has 0 radical (unpaired) electrons. The molecule has 3 aromatic rings. The van der Waals surface area contributed by atoms with Crippen molar-refractivity contribution in [3.8, 4) is 0 Å². The molecule has 1 atom stereocenters. The van der Waals surface area contributed by atoms with E-state index in [1.807, 2.05) is 66.4 Å². The summed E-state index contributed by atoms with van der Waals surface area (Å²) < 4.78 is 0. The molecule has 29 heavy (non-hydrogen) atoms. The quantitative estimate of drug-likeness (QED) is 0.673. The molecule has 6 nitrogen and oxygen atoms in total. The fourth-order valence-electron chi connectivity index (χ4n) is 3.51. The minimum Gasteiger partial charge on any atom is -0.311 e. The Labute approximate surface area is 173 Å². The van der Waals surface area contributed by atoms with Gasteiger partial charge in [0.1, 0.15) is 5.01 Å². The summed E-state index contributed by atoms with van der Waals surface area (Å²) in [6.07, 6.45) is 1.48. The zero-order valence-electron chi connectivity index (χ0n) is 16.2. The molecule has 2 amide bonds. The van der Waals surface area contributed by atoms with Crippen LogP contribution in [-0.4, -0.2) is 28.6 Å². The first kappa shape index (κ1) is 19.3. The lowest BCUT2D eigenvalue weighted by molar-refractivity contribution is -0.117. The number of benzene rings is 2. The molecule has 1 aromatic heterocycles. The number of nitrogens with one attached hydrogen (secondary N) is 1. The topological polar surface area (TPSA) is 75.2 Å². The molecule has 0 unspecified atom stereocenters. The Morgan fingerprint density at radius 2 is 1.90 bits per heavy atom. The monoisotopic (exact) mass is 406 g/mol. The van der Waals surface area contributed by atoms with Gasteiger partial charge in [-0.3, -0.25) is 9.59 Å². The molecule has 1 aliphatic heterocycles. The van der Waals surface area contributed by atoms with Crippen molar-refractivity contribution >= 4 is 34.0 Å². The average molecular weight is 407 g/mol. The molecule has 2 aromatic carbocycles. The van der Waals surface area contributed by atoms with E-state index in [1.165, 1.54) is 11.3 Å². The van der Waals surface area contributed by atoms with Gasteiger partial charge in [0, 0.05) is 31.0 Å². The first-order chi connectivity index (χ1) is 14.1. The number of aryl methyl sites for hydroxylation is 2. The number of carbonyl (C=O) groups is 2. The summed E-state index contributed by atoms with van der Waals surface area (Å²) in [4.78, 5) is 26.6. The number of anilines is 2. The Balaban J connectivity index is 1.36. The molecule has 0 spiro atoms. The summed E-state index contributed by atoms with van der Waals surface area (Å²) >= 11 is 1.35. The normalized spacial score (nSPS) is 16.2. The third kappa shape index (κ3) is 4.51. The van der Waals surface area contributed by atoms with Gasteiger partial charge in [-0.1, -0.05) is 59.9 Å². The van der Waals surface area contributed by atoms with E-state index >= 15 is 0 Å². The summed E-state index contributed by atoms with van der Waals surface area (Å²) in [6.45, 7) is 2.59. The standard InChI is InChI=1S/C22H22N4O2S/c1-15-7-5-6-10-18(15)26-14-17(13-20(26)28)21-24-25-22(29-21)23-19(27)12-11-16-8-3-2-4-9-16/h2-10,17H,11-14H2,1H3,(H,23,25,27)/t17-/m0/s1. The lowest BCUT2D eigenvalue weighted by atomic mass is 10.1. The minimum absolute atomic E-state index is 0.00502. The van der Waals surface area contributed by atoms with E-state index in [9.17, 15) is 9.59 Å². The number of aromatic nitrogens is 2. The van der Waals surface area contributed by atoms with Gasteiger partial charge in [0.15, 0.2) is 0 Å². The van der Waals surface area contributed by atoms with Crippen LogP contribution in [0.25, 0.3) is 0 Å². The second-order valence-electron chi connectivity index (χ2n) is 7.17. The number of hydrogen-bond acceptors (Lipinski definition) is 5. The van der Waals surface area contributed by atoms with Crippen LogP contribution in [-0.2, 0) is 16.0 Å².